The molecule has 0 aromatic heterocycles. The first-order valence-corrected chi connectivity index (χ1v) is 9.41. The minimum Gasteiger partial charge on any atom is -0.489 e. The molecule has 0 heterocycles. The fourth-order valence-electron chi connectivity index (χ4n) is 1.83. The Kier molecular flexibility index (Phi) is 12.3. The smallest absolute Gasteiger partial charge is 0.211 e. The van der Waals surface area contributed by atoms with Crippen molar-refractivity contribution in [1.82, 2.24) is 15.4 Å². The molecule has 0 aliphatic rings. The Morgan fingerprint density at radius 3 is 2.64 bits per heavy atom. The summed E-state index contributed by atoms with van der Waals surface area (Å²) in [5, 5.41) is 6.22. The van der Waals surface area contributed by atoms with Crippen LogP contribution in [-0.2, 0) is 16.6 Å². The van der Waals surface area contributed by atoms with E-state index < -0.39 is 10.0 Å². The van der Waals surface area contributed by atoms with Crippen molar-refractivity contribution < 1.29 is 13.2 Å². The summed E-state index contributed by atoms with van der Waals surface area (Å²) in [5.74, 6) is 1.45. The van der Waals surface area contributed by atoms with Gasteiger partial charge in [0.25, 0.3) is 0 Å². The van der Waals surface area contributed by atoms with Gasteiger partial charge >= 0.3 is 0 Å². The summed E-state index contributed by atoms with van der Waals surface area (Å²) < 4.78 is 30.8. The van der Waals surface area contributed by atoms with E-state index in [0.717, 1.165) is 11.3 Å². The summed E-state index contributed by atoms with van der Waals surface area (Å²) in [6.45, 7) is 6.96. The Morgan fingerprint density at radius 1 is 1.28 bits per heavy atom. The molecular formula is C16H27IN4O3S. The molecule has 0 atom stereocenters. The summed E-state index contributed by atoms with van der Waals surface area (Å²) in [5.41, 5.74) is 0.994. The lowest BCUT2D eigenvalue weighted by Gasteiger charge is -2.14. The number of halogens is 1. The molecule has 0 radical (unpaired) electrons. The van der Waals surface area contributed by atoms with Gasteiger partial charge in [-0.3, -0.25) is 4.99 Å². The number of hydrogen-bond acceptors (Lipinski definition) is 4. The molecule has 1 aromatic carbocycles. The van der Waals surface area contributed by atoms with Crippen LogP contribution in [0.5, 0.6) is 5.75 Å². The van der Waals surface area contributed by atoms with Crippen LogP contribution in [0.15, 0.2) is 41.9 Å². The van der Waals surface area contributed by atoms with E-state index in [0.29, 0.717) is 32.2 Å². The molecule has 3 N–H and O–H groups in total. The predicted molar refractivity (Wildman–Crippen MR) is 113 cm³/mol. The number of rotatable bonds is 10. The van der Waals surface area contributed by atoms with Crippen LogP contribution in [0.2, 0.25) is 0 Å². The van der Waals surface area contributed by atoms with Crippen molar-refractivity contribution in [1.29, 1.82) is 0 Å². The molecule has 1 rings (SSSR count). The highest BCUT2D eigenvalue weighted by Crippen LogP contribution is 2.17. The highest BCUT2D eigenvalue weighted by molar-refractivity contribution is 14.0. The van der Waals surface area contributed by atoms with Crippen LogP contribution < -0.4 is 20.1 Å². The van der Waals surface area contributed by atoms with Gasteiger partial charge in [0, 0.05) is 32.2 Å². The normalized spacial score (nSPS) is 11.4. The molecule has 0 aliphatic heterocycles. The van der Waals surface area contributed by atoms with Gasteiger partial charge in [-0.25, -0.2) is 13.1 Å². The third kappa shape index (κ3) is 9.66. The highest BCUT2D eigenvalue weighted by atomic mass is 127. The Hall–Kier alpha value is -1.33. The van der Waals surface area contributed by atoms with Gasteiger partial charge in [0.2, 0.25) is 10.0 Å². The van der Waals surface area contributed by atoms with Gasteiger partial charge in [0.15, 0.2) is 5.96 Å². The van der Waals surface area contributed by atoms with Gasteiger partial charge in [0.05, 0.1) is 5.75 Å². The summed E-state index contributed by atoms with van der Waals surface area (Å²) in [6.07, 6.45) is 1.70. The summed E-state index contributed by atoms with van der Waals surface area (Å²) in [4.78, 5) is 4.11. The zero-order valence-electron chi connectivity index (χ0n) is 14.6. The molecule has 0 saturated carbocycles. The second-order valence-corrected chi connectivity index (χ2v) is 6.95. The average Bonchev–Trinajstić information content (AvgIpc) is 2.60. The zero-order chi connectivity index (χ0) is 17.8. The van der Waals surface area contributed by atoms with Crippen LogP contribution in [0.4, 0.5) is 0 Å². The van der Waals surface area contributed by atoms with Crippen molar-refractivity contribution in [2.24, 2.45) is 4.99 Å². The van der Waals surface area contributed by atoms with E-state index in [4.69, 9.17) is 4.74 Å². The maximum Gasteiger partial charge on any atom is 0.211 e. The number of sulfonamides is 1. The number of para-hydroxylation sites is 1. The SMILES string of the molecule is C=CCOc1ccccc1CNC(=NC)NCCNS(=O)(=O)CC.I. The maximum absolute atomic E-state index is 11.3. The lowest BCUT2D eigenvalue weighted by molar-refractivity contribution is 0.358. The van der Waals surface area contributed by atoms with E-state index >= 15 is 0 Å². The predicted octanol–water partition coefficient (Wildman–Crippen LogP) is 1.47. The number of ether oxygens (including phenoxy) is 1. The van der Waals surface area contributed by atoms with Crippen LogP contribution in [0.25, 0.3) is 0 Å². The molecule has 142 valence electrons. The van der Waals surface area contributed by atoms with Crippen LogP contribution in [0, 0.1) is 0 Å². The second kappa shape index (κ2) is 13.0. The molecule has 0 fully saturated rings. The molecule has 9 heteroatoms. The largest absolute Gasteiger partial charge is 0.489 e. The van der Waals surface area contributed by atoms with E-state index in [1.165, 1.54) is 0 Å². The van der Waals surface area contributed by atoms with E-state index in [2.05, 4.69) is 26.9 Å². The second-order valence-electron chi connectivity index (χ2n) is 4.86. The van der Waals surface area contributed by atoms with Gasteiger partial charge in [0.1, 0.15) is 12.4 Å². The van der Waals surface area contributed by atoms with Gasteiger partial charge in [-0.05, 0) is 13.0 Å². The molecule has 0 amide bonds. The van der Waals surface area contributed by atoms with Gasteiger partial charge in [-0.15, -0.1) is 24.0 Å². The van der Waals surface area contributed by atoms with E-state index in [-0.39, 0.29) is 29.7 Å². The monoisotopic (exact) mass is 482 g/mol. The molecule has 7 nitrogen and oxygen atoms in total. The highest BCUT2D eigenvalue weighted by Gasteiger charge is 2.06. The average molecular weight is 482 g/mol. The number of nitrogens with zero attached hydrogens (tertiary/aromatic N) is 1. The number of benzene rings is 1. The van der Waals surface area contributed by atoms with Gasteiger partial charge in [-0.2, -0.15) is 0 Å². The van der Waals surface area contributed by atoms with Crippen LogP contribution >= 0.6 is 24.0 Å². The maximum atomic E-state index is 11.3. The van der Waals surface area contributed by atoms with E-state index in [1.54, 1.807) is 20.0 Å². The fraction of sp³-hybridized carbons (Fsp3) is 0.438. The minimum atomic E-state index is -3.17. The Morgan fingerprint density at radius 2 is 2.00 bits per heavy atom. The number of aliphatic imine (C=N–C) groups is 1. The van der Waals surface area contributed by atoms with E-state index in [1.807, 2.05) is 24.3 Å². The van der Waals surface area contributed by atoms with E-state index in [9.17, 15) is 8.42 Å². The Balaban J connectivity index is 0.00000576. The van der Waals surface area contributed by atoms with Crippen molar-refractivity contribution in [2.75, 3.05) is 32.5 Å². The molecular weight excluding hydrogens is 455 g/mol. The lowest BCUT2D eigenvalue weighted by Crippen LogP contribution is -2.41. The van der Waals surface area contributed by atoms with Crippen LogP contribution in [0.3, 0.4) is 0 Å². The summed E-state index contributed by atoms with van der Waals surface area (Å²) in [7, 11) is -1.51. The van der Waals surface area contributed by atoms with Crippen molar-refractivity contribution in [3.05, 3.63) is 42.5 Å². The third-order valence-corrected chi connectivity index (χ3v) is 4.52. The number of hydrogen-bond donors (Lipinski definition) is 3. The van der Waals surface area contributed by atoms with Crippen molar-refractivity contribution in [3.63, 3.8) is 0 Å². The molecule has 0 aliphatic carbocycles. The standard InChI is InChI=1S/C16H26N4O3S.HI/c1-4-12-23-15-9-7-6-8-14(15)13-19-16(17-3)18-10-11-20-24(21,22)5-2;/h4,6-9,20H,1,5,10-13H2,2-3H3,(H2,17,18,19);1H. The molecule has 0 saturated heterocycles. The topological polar surface area (TPSA) is 91.8 Å². The summed E-state index contributed by atoms with van der Waals surface area (Å²) >= 11 is 0. The quantitative estimate of drug-likeness (QED) is 0.155. The van der Waals surface area contributed by atoms with Crippen molar-refractivity contribution in [2.45, 2.75) is 13.5 Å². The fourth-order valence-corrected chi connectivity index (χ4v) is 2.45. The summed E-state index contributed by atoms with van der Waals surface area (Å²) in [6, 6.07) is 7.71. The minimum absolute atomic E-state index is 0. The molecule has 0 bridgehead atoms. The van der Waals surface area contributed by atoms with Crippen molar-refractivity contribution in [3.8, 4) is 5.75 Å². The first-order chi connectivity index (χ1) is 11.5. The molecule has 0 unspecified atom stereocenters. The lowest BCUT2D eigenvalue weighted by atomic mass is 10.2. The Labute approximate surface area is 167 Å². The van der Waals surface area contributed by atoms with Gasteiger partial charge < -0.3 is 15.4 Å². The first kappa shape index (κ1) is 23.7. The number of nitrogens with one attached hydrogen (secondary N) is 3. The number of guanidine groups is 1. The first-order valence-electron chi connectivity index (χ1n) is 7.75. The zero-order valence-corrected chi connectivity index (χ0v) is 17.8. The van der Waals surface area contributed by atoms with Crippen LogP contribution in [0.1, 0.15) is 12.5 Å². The molecule has 1 aromatic rings. The Bertz CT molecular complexity index is 651. The van der Waals surface area contributed by atoms with Gasteiger partial charge in [-0.1, -0.05) is 30.9 Å². The van der Waals surface area contributed by atoms with Crippen molar-refractivity contribution >= 4 is 40.0 Å². The van der Waals surface area contributed by atoms with Crippen LogP contribution in [-0.4, -0.2) is 46.9 Å². The molecule has 25 heavy (non-hydrogen) atoms. The third-order valence-electron chi connectivity index (χ3n) is 3.12. The molecule has 0 spiro atoms.